The van der Waals surface area contributed by atoms with Crippen molar-refractivity contribution in [2.24, 2.45) is 0 Å². The van der Waals surface area contributed by atoms with Gasteiger partial charge in [-0.3, -0.25) is 9.69 Å². The Balaban J connectivity index is 1.59. The zero-order valence-corrected chi connectivity index (χ0v) is 16.8. The van der Waals surface area contributed by atoms with Crippen molar-refractivity contribution in [3.63, 3.8) is 0 Å². The molecule has 3 heterocycles. The number of hydrogen-bond donors (Lipinski definition) is 2. The first-order chi connectivity index (χ1) is 14.2. The van der Waals surface area contributed by atoms with E-state index in [0.29, 0.717) is 32.9 Å². The topological polar surface area (TPSA) is 75.7 Å². The lowest BCUT2D eigenvalue weighted by molar-refractivity contribution is -0.125. The van der Waals surface area contributed by atoms with Crippen LogP contribution in [-0.4, -0.2) is 54.7 Å². The van der Waals surface area contributed by atoms with Crippen LogP contribution in [0.5, 0.6) is 5.75 Å². The van der Waals surface area contributed by atoms with Crippen molar-refractivity contribution in [2.45, 2.75) is 32.4 Å². The smallest absolute Gasteiger partial charge is 0.237 e. The summed E-state index contributed by atoms with van der Waals surface area (Å²) in [6.45, 7) is 5.57. The molecule has 0 saturated carbocycles. The third kappa shape index (κ3) is 5.05. The molecule has 2 aromatic rings. The number of fused-ring (bicyclic) bond motifs is 2. The SMILES string of the molecule is Cc1cccc(Nc2ccc3c(c2)CN2CCCC2C(=O)NCCOCCO3)n1. The number of nitrogens with zero attached hydrogens (tertiary/aromatic N) is 2. The van der Waals surface area contributed by atoms with Crippen molar-refractivity contribution in [2.75, 3.05) is 38.2 Å². The second-order valence-corrected chi connectivity index (χ2v) is 7.49. The van der Waals surface area contributed by atoms with Crippen LogP contribution in [0.15, 0.2) is 36.4 Å². The molecule has 0 spiro atoms. The van der Waals surface area contributed by atoms with Gasteiger partial charge in [-0.25, -0.2) is 4.98 Å². The molecular formula is C22H28N4O3. The monoisotopic (exact) mass is 396 g/mol. The molecule has 1 aromatic carbocycles. The highest BCUT2D eigenvalue weighted by atomic mass is 16.5. The quantitative estimate of drug-likeness (QED) is 0.813. The van der Waals surface area contributed by atoms with E-state index in [1.54, 1.807) is 0 Å². The highest BCUT2D eigenvalue weighted by Gasteiger charge is 2.31. The van der Waals surface area contributed by atoms with Crippen molar-refractivity contribution < 1.29 is 14.3 Å². The normalized spacial score (nSPS) is 20.9. The van der Waals surface area contributed by atoms with Crippen LogP contribution in [0.4, 0.5) is 11.5 Å². The van der Waals surface area contributed by atoms with E-state index in [4.69, 9.17) is 9.47 Å². The highest BCUT2D eigenvalue weighted by molar-refractivity contribution is 5.82. The summed E-state index contributed by atoms with van der Waals surface area (Å²) in [5, 5.41) is 6.37. The number of aromatic nitrogens is 1. The van der Waals surface area contributed by atoms with Gasteiger partial charge in [0.15, 0.2) is 0 Å². The number of carbonyl (C=O) groups is 1. The standard InChI is InChI=1S/C22H28N4O3/c1-16-4-2-6-21(24-16)25-18-7-8-20-17(14-18)15-26-10-3-5-19(26)22(27)23-9-11-28-12-13-29-20/h2,4,6-8,14,19H,3,5,9-13,15H2,1H3,(H,23,27)(H,24,25). The van der Waals surface area contributed by atoms with Crippen LogP contribution >= 0.6 is 0 Å². The zero-order chi connectivity index (χ0) is 20.1. The van der Waals surface area contributed by atoms with Gasteiger partial charge in [0.05, 0.1) is 19.3 Å². The molecule has 154 valence electrons. The number of rotatable bonds is 2. The lowest BCUT2D eigenvalue weighted by Gasteiger charge is -2.25. The molecule has 2 aliphatic rings. The number of ether oxygens (including phenoxy) is 2. The summed E-state index contributed by atoms with van der Waals surface area (Å²) in [7, 11) is 0. The second kappa shape index (κ2) is 9.24. The molecule has 0 radical (unpaired) electrons. The third-order valence-electron chi connectivity index (χ3n) is 5.29. The Kier molecular flexibility index (Phi) is 6.27. The number of hydrogen-bond acceptors (Lipinski definition) is 6. The molecule has 1 atom stereocenters. The molecule has 2 aliphatic heterocycles. The van der Waals surface area contributed by atoms with E-state index in [-0.39, 0.29) is 11.9 Å². The van der Waals surface area contributed by atoms with Gasteiger partial charge in [-0.05, 0) is 56.6 Å². The number of nitrogens with one attached hydrogen (secondary N) is 2. The van der Waals surface area contributed by atoms with Gasteiger partial charge in [-0.1, -0.05) is 6.07 Å². The van der Waals surface area contributed by atoms with Crippen LogP contribution in [-0.2, 0) is 16.1 Å². The Bertz CT molecular complexity index is 858. The molecule has 7 nitrogen and oxygen atoms in total. The maximum Gasteiger partial charge on any atom is 0.237 e. The Morgan fingerprint density at radius 3 is 3.03 bits per heavy atom. The molecule has 1 amide bonds. The maximum absolute atomic E-state index is 12.6. The lowest BCUT2D eigenvalue weighted by atomic mass is 10.1. The molecule has 1 aromatic heterocycles. The third-order valence-corrected chi connectivity index (χ3v) is 5.29. The minimum absolute atomic E-state index is 0.0889. The molecule has 1 unspecified atom stereocenters. The minimum Gasteiger partial charge on any atom is -0.491 e. The van der Waals surface area contributed by atoms with Gasteiger partial charge in [0.1, 0.15) is 18.2 Å². The molecule has 4 rings (SSSR count). The number of carbonyl (C=O) groups excluding carboxylic acids is 1. The average molecular weight is 396 g/mol. The number of amides is 1. The van der Waals surface area contributed by atoms with Crippen molar-refractivity contribution in [3.8, 4) is 5.75 Å². The molecular weight excluding hydrogens is 368 g/mol. The maximum atomic E-state index is 12.6. The molecule has 0 aliphatic carbocycles. The first-order valence-corrected chi connectivity index (χ1v) is 10.2. The largest absolute Gasteiger partial charge is 0.491 e. The molecule has 7 heteroatoms. The van der Waals surface area contributed by atoms with Crippen molar-refractivity contribution in [3.05, 3.63) is 47.7 Å². The van der Waals surface area contributed by atoms with Gasteiger partial charge < -0.3 is 20.1 Å². The van der Waals surface area contributed by atoms with Gasteiger partial charge in [0.25, 0.3) is 0 Å². The number of benzene rings is 1. The molecule has 1 fully saturated rings. The Morgan fingerprint density at radius 1 is 1.21 bits per heavy atom. The van der Waals surface area contributed by atoms with E-state index in [1.165, 1.54) is 0 Å². The fourth-order valence-electron chi connectivity index (χ4n) is 3.89. The Hall–Kier alpha value is -2.64. The van der Waals surface area contributed by atoms with E-state index in [2.05, 4.69) is 26.6 Å². The van der Waals surface area contributed by atoms with Gasteiger partial charge in [-0.15, -0.1) is 0 Å². The molecule has 1 saturated heterocycles. The number of anilines is 2. The van der Waals surface area contributed by atoms with Gasteiger partial charge in [-0.2, -0.15) is 0 Å². The van der Waals surface area contributed by atoms with Crippen LogP contribution < -0.4 is 15.4 Å². The van der Waals surface area contributed by atoms with Crippen LogP contribution in [0.25, 0.3) is 0 Å². The predicted molar refractivity (Wildman–Crippen MR) is 111 cm³/mol. The summed E-state index contributed by atoms with van der Waals surface area (Å²) in [6, 6.07) is 11.9. The number of aryl methyl sites for hydroxylation is 1. The fraction of sp³-hybridized carbons (Fsp3) is 0.455. The van der Waals surface area contributed by atoms with Crippen molar-refractivity contribution in [1.29, 1.82) is 0 Å². The van der Waals surface area contributed by atoms with Crippen LogP contribution in [0.3, 0.4) is 0 Å². The van der Waals surface area contributed by atoms with E-state index in [0.717, 1.165) is 47.9 Å². The van der Waals surface area contributed by atoms with E-state index in [9.17, 15) is 4.79 Å². The summed E-state index contributed by atoms with van der Waals surface area (Å²) in [5.41, 5.74) is 2.97. The molecule has 2 N–H and O–H groups in total. The highest BCUT2D eigenvalue weighted by Crippen LogP contribution is 2.29. The average Bonchev–Trinajstić information content (AvgIpc) is 3.16. The zero-order valence-electron chi connectivity index (χ0n) is 16.8. The van der Waals surface area contributed by atoms with E-state index in [1.807, 2.05) is 37.3 Å². The molecule has 0 bridgehead atoms. The Morgan fingerprint density at radius 2 is 2.14 bits per heavy atom. The molecule has 29 heavy (non-hydrogen) atoms. The predicted octanol–water partition coefficient (Wildman–Crippen LogP) is 2.62. The van der Waals surface area contributed by atoms with E-state index >= 15 is 0 Å². The van der Waals surface area contributed by atoms with Crippen molar-refractivity contribution in [1.82, 2.24) is 15.2 Å². The van der Waals surface area contributed by atoms with Gasteiger partial charge >= 0.3 is 0 Å². The fourth-order valence-corrected chi connectivity index (χ4v) is 3.89. The lowest BCUT2D eigenvalue weighted by Crippen LogP contribution is -2.43. The van der Waals surface area contributed by atoms with Gasteiger partial charge in [0.2, 0.25) is 5.91 Å². The second-order valence-electron chi connectivity index (χ2n) is 7.49. The summed E-state index contributed by atoms with van der Waals surface area (Å²) in [4.78, 5) is 19.3. The van der Waals surface area contributed by atoms with E-state index < -0.39 is 0 Å². The van der Waals surface area contributed by atoms with Crippen LogP contribution in [0.2, 0.25) is 0 Å². The van der Waals surface area contributed by atoms with Crippen molar-refractivity contribution >= 4 is 17.4 Å². The first kappa shape index (κ1) is 19.7. The summed E-state index contributed by atoms with van der Waals surface area (Å²) in [5.74, 6) is 1.73. The van der Waals surface area contributed by atoms with Gasteiger partial charge in [0, 0.05) is 30.0 Å². The minimum atomic E-state index is -0.0985. The van der Waals surface area contributed by atoms with Crippen LogP contribution in [0.1, 0.15) is 24.1 Å². The summed E-state index contributed by atoms with van der Waals surface area (Å²) in [6.07, 6.45) is 1.91. The first-order valence-electron chi connectivity index (χ1n) is 10.2. The summed E-state index contributed by atoms with van der Waals surface area (Å²) < 4.78 is 11.6. The summed E-state index contributed by atoms with van der Waals surface area (Å²) >= 11 is 0. The van der Waals surface area contributed by atoms with Crippen LogP contribution in [0, 0.1) is 6.92 Å². The Labute approximate surface area is 171 Å². The number of pyridine rings is 1.